The number of aliphatic hydroxyl groups is 1. The molecule has 19 heavy (non-hydrogen) atoms. The van der Waals surface area contributed by atoms with E-state index in [2.05, 4.69) is 5.32 Å². The van der Waals surface area contributed by atoms with Gasteiger partial charge in [-0.3, -0.25) is 9.59 Å². The number of nitrogens with one attached hydrogen (secondary N) is 1. The van der Waals surface area contributed by atoms with Gasteiger partial charge in [-0.15, -0.1) is 0 Å². The summed E-state index contributed by atoms with van der Waals surface area (Å²) in [6, 6.07) is 8.74. The van der Waals surface area contributed by atoms with E-state index in [1.54, 1.807) is 38.1 Å². The van der Waals surface area contributed by atoms with Gasteiger partial charge in [-0.05, 0) is 13.8 Å². The Morgan fingerprint density at radius 2 is 1.89 bits per heavy atom. The Labute approximate surface area is 112 Å². The van der Waals surface area contributed by atoms with Crippen molar-refractivity contribution in [1.82, 2.24) is 5.32 Å². The van der Waals surface area contributed by atoms with E-state index in [9.17, 15) is 9.59 Å². The van der Waals surface area contributed by atoms with E-state index in [4.69, 9.17) is 9.84 Å². The first kappa shape index (κ1) is 15.2. The number of hydrogen-bond donors (Lipinski definition) is 2. The number of carbonyl (C=O) groups is 2. The maximum absolute atomic E-state index is 12.2. The lowest BCUT2D eigenvalue weighted by atomic mass is 10.0. The summed E-state index contributed by atoms with van der Waals surface area (Å²) in [5.41, 5.74) is -0.187. The summed E-state index contributed by atoms with van der Waals surface area (Å²) in [5.74, 6) is -0.994. The Morgan fingerprint density at radius 3 is 2.37 bits per heavy atom. The fourth-order valence-electron chi connectivity index (χ4n) is 1.51. The molecule has 0 radical (unpaired) electrons. The van der Waals surface area contributed by atoms with E-state index < -0.39 is 23.5 Å². The van der Waals surface area contributed by atoms with Gasteiger partial charge in [-0.2, -0.15) is 0 Å². The van der Waals surface area contributed by atoms with Crippen molar-refractivity contribution >= 4 is 11.9 Å². The van der Waals surface area contributed by atoms with Crippen molar-refractivity contribution in [3.05, 3.63) is 35.9 Å². The number of rotatable bonds is 5. The highest BCUT2D eigenvalue weighted by Gasteiger charge is 2.28. The second-order valence-corrected chi connectivity index (χ2v) is 4.93. The smallest absolute Gasteiger partial charge is 0.303 e. The van der Waals surface area contributed by atoms with Gasteiger partial charge < -0.3 is 15.2 Å². The van der Waals surface area contributed by atoms with Gasteiger partial charge in [0.1, 0.15) is 0 Å². The monoisotopic (exact) mass is 265 g/mol. The molecule has 0 aliphatic rings. The van der Waals surface area contributed by atoms with Crippen LogP contribution >= 0.6 is 0 Å². The van der Waals surface area contributed by atoms with E-state index in [1.807, 2.05) is 6.07 Å². The van der Waals surface area contributed by atoms with Crippen molar-refractivity contribution in [2.24, 2.45) is 0 Å². The highest BCUT2D eigenvalue weighted by Crippen LogP contribution is 2.19. The van der Waals surface area contributed by atoms with Gasteiger partial charge in [0, 0.05) is 12.5 Å². The molecule has 5 heteroatoms. The van der Waals surface area contributed by atoms with Crippen LogP contribution in [0, 0.1) is 0 Å². The molecule has 0 heterocycles. The Balaban J connectivity index is 2.92. The Bertz CT molecular complexity index is 442. The van der Waals surface area contributed by atoms with Crippen molar-refractivity contribution in [2.75, 3.05) is 6.61 Å². The van der Waals surface area contributed by atoms with Crippen LogP contribution in [0.25, 0.3) is 0 Å². The molecular formula is C14H19NO4. The molecule has 1 amide bonds. The average Bonchev–Trinajstić information content (AvgIpc) is 2.36. The topological polar surface area (TPSA) is 75.6 Å². The minimum absolute atomic E-state index is 0.208. The molecule has 0 bridgehead atoms. The minimum Gasteiger partial charge on any atom is -0.447 e. The number of benzene rings is 1. The van der Waals surface area contributed by atoms with Crippen molar-refractivity contribution in [3.63, 3.8) is 0 Å². The molecule has 0 spiro atoms. The first-order chi connectivity index (χ1) is 8.85. The lowest BCUT2D eigenvalue weighted by Crippen LogP contribution is -2.48. The van der Waals surface area contributed by atoms with Crippen LogP contribution < -0.4 is 5.32 Å². The molecule has 1 unspecified atom stereocenters. The van der Waals surface area contributed by atoms with E-state index in [0.29, 0.717) is 5.56 Å². The summed E-state index contributed by atoms with van der Waals surface area (Å²) >= 11 is 0. The van der Waals surface area contributed by atoms with Gasteiger partial charge in [0.25, 0.3) is 5.91 Å². The lowest BCUT2D eigenvalue weighted by molar-refractivity contribution is -0.155. The van der Waals surface area contributed by atoms with Crippen LogP contribution in [0.5, 0.6) is 0 Å². The van der Waals surface area contributed by atoms with Crippen molar-refractivity contribution in [3.8, 4) is 0 Å². The molecule has 104 valence electrons. The van der Waals surface area contributed by atoms with Gasteiger partial charge in [0.05, 0.1) is 12.1 Å². The molecule has 1 rings (SSSR count). The zero-order chi connectivity index (χ0) is 14.5. The third-order valence-electron chi connectivity index (χ3n) is 2.48. The van der Waals surface area contributed by atoms with E-state index in [-0.39, 0.29) is 6.61 Å². The van der Waals surface area contributed by atoms with E-state index in [0.717, 1.165) is 0 Å². The quantitative estimate of drug-likeness (QED) is 0.784. The summed E-state index contributed by atoms with van der Waals surface area (Å²) in [6.07, 6.45) is -1.01. The van der Waals surface area contributed by atoms with Gasteiger partial charge in [-0.25, -0.2) is 0 Å². The lowest BCUT2D eigenvalue weighted by Gasteiger charge is -2.26. The number of amides is 1. The van der Waals surface area contributed by atoms with Crippen LogP contribution in [0.1, 0.15) is 32.4 Å². The second kappa shape index (κ2) is 6.33. The molecule has 1 aromatic rings. The van der Waals surface area contributed by atoms with Gasteiger partial charge in [-0.1, -0.05) is 30.3 Å². The SMILES string of the molecule is CC(=O)OC(C(=O)NC(C)(C)CO)c1ccccc1. The third-order valence-corrected chi connectivity index (χ3v) is 2.48. The molecule has 0 aromatic heterocycles. The minimum atomic E-state index is -1.01. The van der Waals surface area contributed by atoms with E-state index >= 15 is 0 Å². The molecule has 0 aliphatic carbocycles. The van der Waals surface area contributed by atoms with Crippen LogP contribution in [0.3, 0.4) is 0 Å². The van der Waals surface area contributed by atoms with Crippen molar-refractivity contribution in [1.29, 1.82) is 0 Å². The standard InChI is InChI=1S/C14H19NO4/c1-10(17)19-12(11-7-5-4-6-8-11)13(18)15-14(2,3)9-16/h4-8,12,16H,9H2,1-3H3,(H,15,18). The molecule has 2 N–H and O–H groups in total. The Hall–Kier alpha value is -1.88. The summed E-state index contributed by atoms with van der Waals surface area (Å²) in [5, 5.41) is 11.8. The molecule has 0 fully saturated rings. The second-order valence-electron chi connectivity index (χ2n) is 4.93. The zero-order valence-electron chi connectivity index (χ0n) is 11.3. The fraction of sp³-hybridized carbons (Fsp3) is 0.429. The predicted octanol–water partition coefficient (Wildman–Crippen LogP) is 1.18. The van der Waals surface area contributed by atoms with Crippen LogP contribution in [-0.2, 0) is 14.3 Å². The predicted molar refractivity (Wildman–Crippen MR) is 70.3 cm³/mol. The van der Waals surface area contributed by atoms with Crippen LogP contribution in [0.2, 0.25) is 0 Å². The Kier molecular flexibility index (Phi) is 5.06. The molecule has 0 saturated carbocycles. The molecular weight excluding hydrogens is 246 g/mol. The van der Waals surface area contributed by atoms with Gasteiger partial charge in [0.2, 0.25) is 6.10 Å². The first-order valence-corrected chi connectivity index (χ1v) is 6.01. The highest BCUT2D eigenvalue weighted by atomic mass is 16.5. The maximum Gasteiger partial charge on any atom is 0.303 e. The zero-order valence-corrected chi connectivity index (χ0v) is 11.3. The number of aliphatic hydroxyl groups excluding tert-OH is 1. The summed E-state index contributed by atoms with van der Waals surface area (Å²) < 4.78 is 5.06. The maximum atomic E-state index is 12.2. The van der Waals surface area contributed by atoms with Gasteiger partial charge in [0.15, 0.2) is 0 Å². The molecule has 0 aliphatic heterocycles. The summed E-state index contributed by atoms with van der Waals surface area (Å²) in [7, 11) is 0. The van der Waals surface area contributed by atoms with E-state index in [1.165, 1.54) is 6.92 Å². The number of hydrogen-bond acceptors (Lipinski definition) is 4. The molecule has 1 aromatic carbocycles. The summed E-state index contributed by atoms with van der Waals surface area (Å²) in [6.45, 7) is 4.40. The van der Waals surface area contributed by atoms with Crippen LogP contribution in [-0.4, -0.2) is 29.1 Å². The molecule has 0 saturated heterocycles. The number of carbonyl (C=O) groups excluding carboxylic acids is 2. The highest BCUT2D eigenvalue weighted by molar-refractivity contribution is 5.85. The number of ether oxygens (including phenoxy) is 1. The van der Waals surface area contributed by atoms with Gasteiger partial charge >= 0.3 is 5.97 Å². The summed E-state index contributed by atoms with van der Waals surface area (Å²) in [4.78, 5) is 23.3. The van der Waals surface area contributed by atoms with Crippen LogP contribution in [0.15, 0.2) is 30.3 Å². The first-order valence-electron chi connectivity index (χ1n) is 6.01. The normalized spacial score (nSPS) is 12.6. The fourth-order valence-corrected chi connectivity index (χ4v) is 1.51. The molecule has 1 atom stereocenters. The van der Waals surface area contributed by atoms with Crippen molar-refractivity contribution < 1.29 is 19.4 Å². The average molecular weight is 265 g/mol. The number of esters is 1. The third kappa shape index (κ3) is 4.71. The molecule has 5 nitrogen and oxygen atoms in total. The van der Waals surface area contributed by atoms with Crippen molar-refractivity contribution in [2.45, 2.75) is 32.4 Å². The Morgan fingerprint density at radius 1 is 1.32 bits per heavy atom. The van der Waals surface area contributed by atoms with Crippen LogP contribution in [0.4, 0.5) is 0 Å². The largest absolute Gasteiger partial charge is 0.447 e.